The molecule has 4 aliphatic rings. The van der Waals surface area contributed by atoms with Gasteiger partial charge < -0.3 is 51.7 Å². The van der Waals surface area contributed by atoms with Crippen LogP contribution in [0.15, 0.2) is 93.6 Å². The molecule has 480 valence electrons. The van der Waals surface area contributed by atoms with Crippen LogP contribution in [0.4, 0.5) is 0 Å². The number of aryl methyl sites for hydroxylation is 1. The Morgan fingerprint density at radius 3 is 2.02 bits per heavy atom. The zero-order valence-corrected chi connectivity index (χ0v) is 55.1. The second-order valence-corrected chi connectivity index (χ2v) is 28.8. The highest BCUT2D eigenvalue weighted by Gasteiger charge is 2.46. The van der Waals surface area contributed by atoms with E-state index in [1.165, 1.54) is 80.6 Å². The molecule has 30 heteroatoms. The molecular weight excluding hydrogens is 1300 g/mol. The van der Waals surface area contributed by atoms with Crippen molar-refractivity contribution in [2.75, 3.05) is 58.9 Å². The summed E-state index contributed by atoms with van der Waals surface area (Å²) < 4.78 is 0. The maximum Gasteiger partial charge on any atom is 0.273 e. The predicted octanol–water partition coefficient (Wildman–Crippen LogP) is 7.14. The lowest BCUT2D eigenvalue weighted by atomic mass is 10.00. The molecule has 13 rings (SSSR count). The number of nitrogens with two attached hydrogens (primary N) is 1. The molecule has 11 heterocycles. The number of rotatable bonds is 11. The third kappa shape index (κ3) is 13.8. The van der Waals surface area contributed by atoms with Gasteiger partial charge in [0.05, 0.1) is 30.3 Å². The van der Waals surface area contributed by atoms with Crippen molar-refractivity contribution in [2.24, 2.45) is 11.7 Å². The monoisotopic (exact) mass is 1370 g/mol. The number of piperazine rings is 1. The van der Waals surface area contributed by atoms with Crippen molar-refractivity contribution in [2.45, 2.75) is 75.9 Å². The fourth-order valence-corrected chi connectivity index (χ4v) is 17.2. The minimum absolute atomic E-state index is 0.00105. The van der Waals surface area contributed by atoms with Gasteiger partial charge in [-0.15, -0.1) is 68.0 Å². The molecule has 6 amide bonds. The van der Waals surface area contributed by atoms with Crippen molar-refractivity contribution in [3.05, 3.63) is 147 Å². The quantitative estimate of drug-likeness (QED) is 0.0676. The first-order chi connectivity index (χ1) is 45.0. The number of likely N-dealkylation sites (tertiary alicyclic amines) is 1. The Bertz CT molecular complexity index is 4250. The summed E-state index contributed by atoms with van der Waals surface area (Å²) >= 11 is 7.12. The van der Waals surface area contributed by atoms with Crippen LogP contribution in [-0.4, -0.2) is 176 Å². The number of pyridine rings is 1. The number of hydrogen-bond donors (Lipinski definition) is 7. The molecule has 0 spiro atoms. The lowest BCUT2D eigenvalue weighted by Crippen LogP contribution is -2.50. The number of aromatic nitrogens is 7. The molecule has 0 aliphatic carbocycles. The number of benzene rings is 2. The molecule has 7 aromatic heterocycles. The second kappa shape index (κ2) is 27.4. The number of primary amides is 1. The molecule has 0 unspecified atom stereocenters. The van der Waals surface area contributed by atoms with E-state index < -0.39 is 71.8 Å². The average molecular weight is 1370 g/mol. The Morgan fingerprint density at radius 2 is 1.27 bits per heavy atom. The van der Waals surface area contributed by atoms with Crippen LogP contribution in [-0.2, 0) is 16.0 Å². The molecule has 7 atom stereocenters. The van der Waals surface area contributed by atoms with E-state index in [4.69, 9.17) is 30.7 Å². The number of phenolic OH excluding ortho intramolecular Hbond substituents is 1. The maximum absolute atomic E-state index is 15.2. The summed E-state index contributed by atoms with van der Waals surface area (Å²) in [5, 5.41) is 53.1. The molecule has 3 saturated heterocycles. The lowest BCUT2D eigenvalue weighted by molar-refractivity contribution is -0.134. The summed E-state index contributed by atoms with van der Waals surface area (Å²) in [6.45, 7) is 10.5. The van der Waals surface area contributed by atoms with Crippen LogP contribution >= 0.6 is 68.0 Å². The van der Waals surface area contributed by atoms with Gasteiger partial charge in [0.2, 0.25) is 11.8 Å². The first kappa shape index (κ1) is 63.6. The Balaban J connectivity index is 0.862. The third-order valence-electron chi connectivity index (χ3n) is 17.0. The van der Waals surface area contributed by atoms with Gasteiger partial charge in [-0.1, -0.05) is 49.4 Å². The normalized spacial score (nSPS) is 21.2. The van der Waals surface area contributed by atoms with Gasteiger partial charge in [-0.05, 0) is 68.2 Å². The van der Waals surface area contributed by atoms with Crippen LogP contribution in [0, 0.1) is 12.8 Å². The van der Waals surface area contributed by atoms with E-state index in [-0.39, 0.29) is 58.1 Å². The molecule has 2 aromatic carbocycles. The van der Waals surface area contributed by atoms with Gasteiger partial charge in [0.25, 0.3) is 23.6 Å². The van der Waals surface area contributed by atoms with Crippen LogP contribution in [0.5, 0.6) is 5.75 Å². The molecule has 9 aromatic rings. The van der Waals surface area contributed by atoms with E-state index in [0.717, 1.165) is 61.9 Å². The fourth-order valence-electron chi connectivity index (χ4n) is 11.9. The van der Waals surface area contributed by atoms with E-state index in [9.17, 15) is 39.3 Å². The maximum atomic E-state index is 15.2. The number of fused-ring (bicyclic) bond motifs is 16. The van der Waals surface area contributed by atoms with E-state index in [2.05, 4.69) is 35.7 Å². The highest BCUT2D eigenvalue weighted by Crippen LogP contribution is 2.43. The number of carbonyl (C=O) groups is 6. The minimum Gasteiger partial charge on any atom is -0.508 e. The number of aliphatic hydroxyl groups is 2. The molecule has 0 saturated carbocycles. The molecular formula is C63H63N15O9S6. The van der Waals surface area contributed by atoms with Crippen LogP contribution in [0.2, 0.25) is 0 Å². The molecule has 93 heavy (non-hydrogen) atoms. The standard InChI is InChI=1S/C63H63N15O9S6/c1-32-46(80)26-78-51(32)61-71-44(30-92-61)58-68-41(27-89-58)49-37(14-15-38(65-49)57-72-45(31-90-57)62(86)77-22-20-76(21-23-77)19-18-75-16-6-7-17-75)56-69-42(28-88-56)53(83)66-39(25-47(64)81)59-74-48(33(2)93-59)55(85)73-50(52(82)35-8-4-3-5-9-35)60-70-43(29-91-60)54(84)67-40(63(78)87)24-34-10-12-36(79)13-11-34/h3-5,8-15,27-32,39-40,46,50-52,79-80,82H,6-7,16-26H2,1-2H3,(H2,64,81)(H,66,83)(H,67,84)(H,73,85)/t32-,39-,40-,46-,50-,51+,52+/m0/s1. The van der Waals surface area contributed by atoms with Crippen LogP contribution in [0.1, 0.15) is 123 Å². The Morgan fingerprint density at radius 1 is 0.634 bits per heavy atom. The summed E-state index contributed by atoms with van der Waals surface area (Å²) in [6, 6.07) is 14.0. The number of phenols is 1. The largest absolute Gasteiger partial charge is 0.508 e. The second-order valence-electron chi connectivity index (χ2n) is 23.2. The van der Waals surface area contributed by atoms with Gasteiger partial charge in [-0.3, -0.25) is 33.7 Å². The first-order valence-corrected chi connectivity index (χ1v) is 35.4. The van der Waals surface area contributed by atoms with Crippen molar-refractivity contribution >= 4 is 103 Å². The number of carbonyl (C=O) groups excluding carboxylic acids is 6. The van der Waals surface area contributed by atoms with Gasteiger partial charge in [0, 0.05) is 95.5 Å². The zero-order valence-electron chi connectivity index (χ0n) is 50.2. The highest BCUT2D eigenvalue weighted by atomic mass is 32.1. The number of amides is 6. The van der Waals surface area contributed by atoms with Crippen molar-refractivity contribution in [1.82, 2.24) is 70.4 Å². The number of aromatic hydroxyl groups is 1. The molecule has 10 bridgehead atoms. The summed E-state index contributed by atoms with van der Waals surface area (Å²) in [7, 11) is 0. The van der Waals surface area contributed by atoms with Gasteiger partial charge in [0.15, 0.2) is 0 Å². The van der Waals surface area contributed by atoms with Crippen LogP contribution in [0.3, 0.4) is 0 Å². The van der Waals surface area contributed by atoms with Gasteiger partial charge >= 0.3 is 0 Å². The van der Waals surface area contributed by atoms with Crippen molar-refractivity contribution in [3.63, 3.8) is 0 Å². The summed E-state index contributed by atoms with van der Waals surface area (Å²) in [6.07, 6.45) is -0.297. The van der Waals surface area contributed by atoms with E-state index in [1.807, 2.05) is 28.7 Å². The number of nitrogens with zero attached hydrogens (tertiary/aromatic N) is 11. The van der Waals surface area contributed by atoms with E-state index >= 15 is 4.79 Å². The topological polar surface area (TPSA) is 328 Å². The highest BCUT2D eigenvalue weighted by molar-refractivity contribution is 7.15. The molecule has 3 fully saturated rings. The summed E-state index contributed by atoms with van der Waals surface area (Å²) in [4.78, 5) is 128. The lowest BCUT2D eigenvalue weighted by Gasteiger charge is -2.35. The van der Waals surface area contributed by atoms with Crippen molar-refractivity contribution in [3.8, 4) is 49.1 Å². The van der Waals surface area contributed by atoms with Crippen LogP contribution in [0.25, 0.3) is 43.4 Å². The molecule has 24 nitrogen and oxygen atoms in total. The molecule has 0 radical (unpaired) electrons. The Kier molecular flexibility index (Phi) is 18.7. The zero-order chi connectivity index (χ0) is 64.6. The SMILES string of the molecule is Cc1sc2nc1C(=O)N[C@@H]([C@H](O)c1ccccc1)c1nc(cs1)C(=O)N[C@@H](Cc1ccc(O)cc1)C(=O)N1C[C@H](O)[C@H](C)[C@@H]1c1nc(cs1)-c1nc(cs1)-c1nc(-c3nc(C(=O)N4CCN(CCN5CCCC5)CC4)cs3)ccc1-c1nc(cs1)C(=O)N[C@H]2CC(N)=O. The van der Waals surface area contributed by atoms with Crippen molar-refractivity contribution in [1.29, 1.82) is 0 Å². The number of thiazole rings is 6. The average Bonchev–Trinajstić information content (AvgIpc) is 1.74. The summed E-state index contributed by atoms with van der Waals surface area (Å²) in [5.41, 5.74) is 9.23. The number of hydrogen-bond acceptors (Lipinski definition) is 24. The van der Waals surface area contributed by atoms with E-state index in [0.29, 0.717) is 83.2 Å². The smallest absolute Gasteiger partial charge is 0.273 e. The number of aliphatic hydroxyl groups excluding tert-OH is 2. The van der Waals surface area contributed by atoms with Gasteiger partial charge in [0.1, 0.15) is 93.8 Å². The third-order valence-corrected chi connectivity index (χ3v) is 22.6. The Hall–Kier alpha value is -8.17. The predicted molar refractivity (Wildman–Crippen MR) is 354 cm³/mol. The van der Waals surface area contributed by atoms with E-state index in [1.54, 1.807) is 66.2 Å². The van der Waals surface area contributed by atoms with Gasteiger partial charge in [-0.2, -0.15) is 0 Å². The summed E-state index contributed by atoms with van der Waals surface area (Å²) in [5.74, 6) is -4.08. The minimum atomic E-state index is -1.41. The van der Waals surface area contributed by atoms with Crippen molar-refractivity contribution < 1.29 is 44.1 Å². The first-order valence-electron chi connectivity index (χ1n) is 30.2. The van der Waals surface area contributed by atoms with Gasteiger partial charge in [-0.25, -0.2) is 34.9 Å². The molecule has 4 aliphatic heterocycles. The fraction of sp³-hybridized carbons (Fsp3) is 0.349. The Labute approximate surface area is 557 Å². The molecule has 8 N–H and O–H groups in total. The number of nitrogens with one attached hydrogen (secondary N) is 3. The van der Waals surface area contributed by atoms with Crippen LogP contribution < -0.4 is 21.7 Å².